The molecule has 6 nitrogen and oxygen atoms in total. The highest BCUT2D eigenvalue weighted by molar-refractivity contribution is 7.14. The number of carboxylic acid groups (broad SMARTS) is 1. The van der Waals surface area contributed by atoms with Gasteiger partial charge in [-0.05, 0) is 58.2 Å². The Balaban J connectivity index is 0.000000396. The summed E-state index contributed by atoms with van der Waals surface area (Å²) in [4.78, 5) is 28.3. The van der Waals surface area contributed by atoms with E-state index in [1.165, 1.54) is 23.3 Å². The number of carbonyl (C=O) groups excluding carboxylic acids is 1. The van der Waals surface area contributed by atoms with E-state index in [9.17, 15) is 18.0 Å². The molecule has 170 valence electrons. The Bertz CT molecular complexity index is 738. The number of alkyl halides is 3. The van der Waals surface area contributed by atoms with E-state index in [4.69, 9.17) is 14.6 Å². The fourth-order valence-corrected chi connectivity index (χ4v) is 5.15. The zero-order chi connectivity index (χ0) is 22.7. The van der Waals surface area contributed by atoms with Gasteiger partial charge in [-0.2, -0.15) is 13.2 Å². The summed E-state index contributed by atoms with van der Waals surface area (Å²) in [6, 6.07) is 2.58. The largest absolute Gasteiger partial charge is 0.490 e. The van der Waals surface area contributed by atoms with Crippen molar-refractivity contribution in [2.45, 2.75) is 57.3 Å². The van der Waals surface area contributed by atoms with E-state index in [2.05, 4.69) is 25.8 Å². The van der Waals surface area contributed by atoms with Crippen LogP contribution in [0.15, 0.2) is 6.07 Å². The minimum Gasteiger partial charge on any atom is -0.475 e. The molecule has 2 aliphatic heterocycles. The van der Waals surface area contributed by atoms with Crippen LogP contribution in [0.3, 0.4) is 0 Å². The number of aryl methyl sites for hydroxylation is 2. The molecule has 30 heavy (non-hydrogen) atoms. The van der Waals surface area contributed by atoms with Crippen molar-refractivity contribution in [2.75, 3.05) is 33.9 Å². The predicted octanol–water partition coefficient (Wildman–Crippen LogP) is 3.71. The number of amides is 1. The van der Waals surface area contributed by atoms with Crippen molar-refractivity contribution in [3.8, 4) is 0 Å². The molecule has 3 heterocycles. The lowest BCUT2D eigenvalue weighted by Gasteiger charge is -2.45. The number of likely N-dealkylation sites (N-methyl/N-ethyl adjacent to an activating group) is 1. The van der Waals surface area contributed by atoms with Gasteiger partial charge in [-0.15, -0.1) is 11.3 Å². The van der Waals surface area contributed by atoms with Crippen molar-refractivity contribution in [1.82, 2.24) is 9.80 Å². The summed E-state index contributed by atoms with van der Waals surface area (Å²) in [6.45, 7) is 6.73. The molecule has 1 aromatic heterocycles. The number of methoxy groups -OCH3 is 1. The lowest BCUT2D eigenvalue weighted by Crippen LogP contribution is -2.53. The van der Waals surface area contributed by atoms with Crippen LogP contribution in [0.5, 0.6) is 0 Å². The van der Waals surface area contributed by atoms with Gasteiger partial charge in [-0.3, -0.25) is 9.69 Å². The van der Waals surface area contributed by atoms with E-state index in [1.54, 1.807) is 18.4 Å². The smallest absolute Gasteiger partial charge is 0.475 e. The molecule has 2 aliphatic rings. The van der Waals surface area contributed by atoms with Gasteiger partial charge in [-0.1, -0.05) is 0 Å². The molecule has 1 amide bonds. The molecule has 1 spiro atoms. The molecule has 0 radical (unpaired) electrons. The van der Waals surface area contributed by atoms with Gasteiger partial charge in [0, 0.05) is 36.7 Å². The van der Waals surface area contributed by atoms with Crippen LogP contribution in [0.25, 0.3) is 0 Å². The van der Waals surface area contributed by atoms with Crippen LogP contribution in [0.1, 0.15) is 45.8 Å². The Labute approximate surface area is 178 Å². The van der Waals surface area contributed by atoms with Crippen LogP contribution < -0.4 is 0 Å². The number of rotatable bonds is 3. The summed E-state index contributed by atoms with van der Waals surface area (Å²) < 4.78 is 37.1. The van der Waals surface area contributed by atoms with Gasteiger partial charge >= 0.3 is 12.1 Å². The van der Waals surface area contributed by atoms with E-state index in [-0.39, 0.29) is 11.4 Å². The number of piperidine rings is 1. The summed E-state index contributed by atoms with van der Waals surface area (Å²) in [7, 11) is 4.02. The number of thiophene rings is 1. The normalized spacial score (nSPS) is 21.4. The summed E-state index contributed by atoms with van der Waals surface area (Å²) in [5, 5.41) is 7.12. The van der Waals surface area contributed by atoms with E-state index in [0.29, 0.717) is 6.04 Å². The topological polar surface area (TPSA) is 70.1 Å². The molecular formula is C20H29F3N2O4S. The molecule has 1 aromatic rings. The van der Waals surface area contributed by atoms with Crippen molar-refractivity contribution >= 4 is 23.2 Å². The fourth-order valence-electron chi connectivity index (χ4n) is 4.14. The van der Waals surface area contributed by atoms with Crippen molar-refractivity contribution in [3.05, 3.63) is 21.4 Å². The molecule has 1 N–H and O–H groups in total. The second-order valence-corrected chi connectivity index (χ2v) is 9.18. The van der Waals surface area contributed by atoms with Gasteiger partial charge in [0.1, 0.15) is 0 Å². The summed E-state index contributed by atoms with van der Waals surface area (Å²) in [6.07, 6.45) is -0.476. The highest BCUT2D eigenvalue weighted by atomic mass is 32.1. The molecule has 1 unspecified atom stereocenters. The Hall–Kier alpha value is -1.65. The van der Waals surface area contributed by atoms with Gasteiger partial charge in [-0.25, -0.2) is 4.79 Å². The number of halogens is 3. The second-order valence-electron chi connectivity index (χ2n) is 7.93. The number of carboxylic acids is 1. The maximum Gasteiger partial charge on any atom is 0.490 e. The van der Waals surface area contributed by atoms with Crippen LogP contribution in [0.2, 0.25) is 0 Å². The minimum absolute atomic E-state index is 0.218. The first-order valence-electron chi connectivity index (χ1n) is 9.79. The number of carbonyl (C=O) groups is 2. The highest BCUT2D eigenvalue weighted by Gasteiger charge is 2.46. The number of nitrogens with zero attached hydrogens (tertiary/aromatic N) is 2. The average molecular weight is 451 g/mol. The molecule has 2 saturated heterocycles. The standard InChI is InChI=1S/C18H28N2O2S.C2HF3O2/c1-13-11-16(23-14(13)2)17(21)20-9-7-18(8-10-20)6-5-15(12-22-4)19(18)3;3-2(4,5)1(6)7/h11,15H,5-10,12H2,1-4H3;(H,6,7). The van der Waals surface area contributed by atoms with Crippen molar-refractivity contribution in [1.29, 1.82) is 0 Å². The van der Waals surface area contributed by atoms with E-state index in [0.717, 1.165) is 37.4 Å². The van der Waals surface area contributed by atoms with Crippen molar-refractivity contribution in [3.63, 3.8) is 0 Å². The molecule has 3 rings (SSSR count). The summed E-state index contributed by atoms with van der Waals surface area (Å²) >= 11 is 1.63. The fraction of sp³-hybridized carbons (Fsp3) is 0.700. The third-order valence-electron chi connectivity index (χ3n) is 6.20. The number of hydrogen-bond acceptors (Lipinski definition) is 5. The molecule has 0 aliphatic carbocycles. The van der Waals surface area contributed by atoms with Gasteiger partial charge < -0.3 is 14.7 Å². The Morgan fingerprint density at radius 3 is 2.27 bits per heavy atom. The lowest BCUT2D eigenvalue weighted by molar-refractivity contribution is -0.192. The maximum absolute atomic E-state index is 12.7. The summed E-state index contributed by atoms with van der Waals surface area (Å²) in [5.74, 6) is -2.54. The zero-order valence-corrected chi connectivity index (χ0v) is 18.5. The quantitative estimate of drug-likeness (QED) is 0.760. The zero-order valence-electron chi connectivity index (χ0n) is 17.7. The monoisotopic (exact) mass is 450 g/mol. The van der Waals surface area contributed by atoms with Gasteiger partial charge in [0.15, 0.2) is 0 Å². The minimum atomic E-state index is -5.08. The number of aliphatic carboxylic acids is 1. The molecule has 10 heteroatoms. The molecular weight excluding hydrogens is 421 g/mol. The first kappa shape index (κ1) is 24.6. The van der Waals surface area contributed by atoms with Crippen molar-refractivity contribution in [2.24, 2.45) is 0 Å². The van der Waals surface area contributed by atoms with Crippen LogP contribution in [0.4, 0.5) is 13.2 Å². The predicted molar refractivity (Wildman–Crippen MR) is 108 cm³/mol. The van der Waals surface area contributed by atoms with E-state index >= 15 is 0 Å². The van der Waals surface area contributed by atoms with Crippen LogP contribution in [-0.4, -0.2) is 78.4 Å². The summed E-state index contributed by atoms with van der Waals surface area (Å²) in [5.41, 5.74) is 1.51. The molecule has 0 bridgehead atoms. The molecule has 2 fully saturated rings. The Morgan fingerprint density at radius 1 is 1.27 bits per heavy atom. The van der Waals surface area contributed by atoms with Gasteiger partial charge in [0.25, 0.3) is 5.91 Å². The van der Waals surface area contributed by atoms with Gasteiger partial charge in [0.2, 0.25) is 0 Å². The first-order chi connectivity index (χ1) is 13.9. The Morgan fingerprint density at radius 2 is 1.83 bits per heavy atom. The van der Waals surface area contributed by atoms with Crippen LogP contribution in [-0.2, 0) is 9.53 Å². The van der Waals surface area contributed by atoms with Crippen LogP contribution >= 0.6 is 11.3 Å². The number of hydrogen-bond donors (Lipinski definition) is 1. The third kappa shape index (κ3) is 5.53. The lowest BCUT2D eigenvalue weighted by atomic mass is 9.85. The second kappa shape index (κ2) is 9.65. The molecule has 0 saturated carbocycles. The first-order valence-corrected chi connectivity index (χ1v) is 10.6. The van der Waals surface area contributed by atoms with E-state index < -0.39 is 12.1 Å². The molecule has 1 atom stereocenters. The van der Waals surface area contributed by atoms with Crippen molar-refractivity contribution < 1.29 is 32.6 Å². The van der Waals surface area contributed by atoms with Gasteiger partial charge in [0.05, 0.1) is 11.5 Å². The van der Waals surface area contributed by atoms with E-state index in [1.807, 2.05) is 11.0 Å². The maximum atomic E-state index is 12.7. The average Bonchev–Trinajstić information content (AvgIpc) is 3.16. The number of ether oxygens (including phenoxy) is 1. The third-order valence-corrected chi connectivity index (χ3v) is 7.34. The Kier molecular flexibility index (Phi) is 7.92. The highest BCUT2D eigenvalue weighted by Crippen LogP contribution is 2.41. The SMILES string of the molecule is COCC1CCC2(CCN(C(=O)c3cc(C)c(C)s3)CC2)N1C.O=C(O)C(F)(F)F. The van der Waals surface area contributed by atoms with Crippen LogP contribution in [0, 0.1) is 13.8 Å². The number of likely N-dealkylation sites (tertiary alicyclic amines) is 2. The molecule has 0 aromatic carbocycles.